The maximum absolute atomic E-state index is 12.4. The Morgan fingerprint density at radius 2 is 2.04 bits per heavy atom. The zero-order chi connectivity index (χ0) is 16.9. The number of aryl methyl sites for hydroxylation is 1. The van der Waals surface area contributed by atoms with E-state index in [1.165, 1.54) is 0 Å². The van der Waals surface area contributed by atoms with Crippen LogP contribution in [0.2, 0.25) is 0 Å². The van der Waals surface area contributed by atoms with Crippen molar-refractivity contribution in [2.45, 2.75) is 27.0 Å². The summed E-state index contributed by atoms with van der Waals surface area (Å²) < 4.78 is 7.48. The first-order valence-corrected chi connectivity index (χ1v) is 7.78. The Morgan fingerprint density at radius 1 is 1.17 bits per heavy atom. The molecule has 0 spiro atoms. The van der Waals surface area contributed by atoms with Crippen molar-refractivity contribution in [1.29, 1.82) is 0 Å². The van der Waals surface area contributed by atoms with Gasteiger partial charge in [-0.05, 0) is 38.1 Å². The van der Waals surface area contributed by atoms with Gasteiger partial charge in [-0.3, -0.25) is 9.97 Å². The van der Waals surface area contributed by atoms with Gasteiger partial charge >= 0.3 is 5.97 Å². The summed E-state index contributed by atoms with van der Waals surface area (Å²) in [4.78, 5) is 20.7. The number of rotatable bonds is 5. The Balaban J connectivity index is 1.74. The van der Waals surface area contributed by atoms with Gasteiger partial charge in [0.2, 0.25) is 0 Å². The molecule has 0 saturated carbocycles. The minimum absolute atomic E-state index is 0.219. The van der Waals surface area contributed by atoms with E-state index in [0.717, 1.165) is 22.6 Å². The lowest BCUT2D eigenvalue weighted by Crippen LogP contribution is -2.09. The fourth-order valence-electron chi connectivity index (χ4n) is 2.61. The molecule has 5 heteroatoms. The Morgan fingerprint density at radius 3 is 2.75 bits per heavy atom. The largest absolute Gasteiger partial charge is 0.457 e. The van der Waals surface area contributed by atoms with E-state index in [4.69, 9.17) is 4.74 Å². The van der Waals surface area contributed by atoms with Gasteiger partial charge in [0.25, 0.3) is 0 Å². The number of ether oxygens (including phenoxy) is 1. The van der Waals surface area contributed by atoms with Crippen molar-refractivity contribution in [2.75, 3.05) is 0 Å². The van der Waals surface area contributed by atoms with E-state index in [9.17, 15) is 4.79 Å². The smallest absolute Gasteiger partial charge is 0.340 e. The highest BCUT2D eigenvalue weighted by Crippen LogP contribution is 2.18. The summed E-state index contributed by atoms with van der Waals surface area (Å²) in [6, 6.07) is 11.4. The van der Waals surface area contributed by atoms with Crippen molar-refractivity contribution in [2.24, 2.45) is 0 Å². The zero-order valence-corrected chi connectivity index (χ0v) is 13.8. The third-order valence-electron chi connectivity index (χ3n) is 3.93. The first kappa shape index (κ1) is 15.9. The summed E-state index contributed by atoms with van der Waals surface area (Å²) in [5, 5.41) is 0. The van der Waals surface area contributed by atoms with Crippen molar-refractivity contribution in [1.82, 2.24) is 14.5 Å². The quantitative estimate of drug-likeness (QED) is 0.677. The summed E-state index contributed by atoms with van der Waals surface area (Å²) in [6.45, 7) is 4.76. The molecule has 0 aliphatic rings. The van der Waals surface area contributed by atoms with Crippen molar-refractivity contribution in [3.63, 3.8) is 0 Å². The fraction of sp³-hybridized carbons (Fsp3) is 0.211. The molecule has 0 aliphatic heterocycles. The Hall–Kier alpha value is -2.95. The van der Waals surface area contributed by atoms with Gasteiger partial charge in [0, 0.05) is 35.5 Å². The number of carbonyl (C=O) groups is 1. The van der Waals surface area contributed by atoms with E-state index >= 15 is 0 Å². The molecule has 0 amide bonds. The maximum Gasteiger partial charge on any atom is 0.340 e. The number of hydrogen-bond donors (Lipinski definition) is 0. The lowest BCUT2D eigenvalue weighted by molar-refractivity contribution is 0.0471. The highest BCUT2D eigenvalue weighted by atomic mass is 16.5. The molecule has 3 heterocycles. The second-order valence-corrected chi connectivity index (χ2v) is 5.63. The van der Waals surface area contributed by atoms with Crippen molar-refractivity contribution < 1.29 is 9.53 Å². The second kappa shape index (κ2) is 7.08. The first-order valence-electron chi connectivity index (χ1n) is 7.78. The number of hydrogen-bond acceptors (Lipinski definition) is 4. The lowest BCUT2D eigenvalue weighted by Gasteiger charge is -2.09. The number of carbonyl (C=O) groups excluding carboxylic acids is 1. The van der Waals surface area contributed by atoms with E-state index in [1.54, 1.807) is 18.6 Å². The molecule has 122 valence electrons. The van der Waals surface area contributed by atoms with Gasteiger partial charge in [0.15, 0.2) is 0 Å². The third-order valence-corrected chi connectivity index (χ3v) is 3.93. The molecule has 0 unspecified atom stereocenters. The van der Waals surface area contributed by atoms with Crippen LogP contribution in [0.4, 0.5) is 0 Å². The number of nitrogens with zero attached hydrogens (tertiary/aromatic N) is 3. The summed E-state index contributed by atoms with van der Waals surface area (Å²) in [5.41, 5.74) is 4.30. The van der Waals surface area contributed by atoms with Gasteiger partial charge < -0.3 is 9.30 Å². The first-order chi connectivity index (χ1) is 11.6. The summed E-state index contributed by atoms with van der Waals surface area (Å²) in [7, 11) is 0. The molecule has 0 atom stereocenters. The predicted octanol–water partition coefficient (Wildman–Crippen LogP) is 3.30. The molecule has 24 heavy (non-hydrogen) atoms. The van der Waals surface area contributed by atoms with Crippen LogP contribution in [0.15, 0.2) is 55.0 Å². The summed E-state index contributed by atoms with van der Waals surface area (Å²) >= 11 is 0. The topological polar surface area (TPSA) is 57.0 Å². The monoisotopic (exact) mass is 321 g/mol. The van der Waals surface area contributed by atoms with Crippen LogP contribution < -0.4 is 0 Å². The molecule has 0 radical (unpaired) electrons. The lowest BCUT2D eigenvalue weighted by atomic mass is 10.2. The highest BCUT2D eigenvalue weighted by Gasteiger charge is 2.17. The average molecular weight is 321 g/mol. The molecule has 0 saturated heterocycles. The minimum Gasteiger partial charge on any atom is -0.457 e. The van der Waals surface area contributed by atoms with Crippen LogP contribution in [0.25, 0.3) is 0 Å². The summed E-state index contributed by atoms with van der Waals surface area (Å²) in [6.07, 6.45) is 5.15. The van der Waals surface area contributed by atoms with Crippen molar-refractivity contribution in [3.05, 3.63) is 83.2 Å². The van der Waals surface area contributed by atoms with E-state index in [0.29, 0.717) is 12.1 Å². The number of aromatic nitrogens is 3. The molecule has 0 aromatic carbocycles. The SMILES string of the molecule is Cc1cc(C(=O)OCc2cccnc2)c(C)n1Cc1ccccn1. The highest BCUT2D eigenvalue weighted by molar-refractivity contribution is 5.91. The van der Waals surface area contributed by atoms with Crippen LogP contribution in [-0.4, -0.2) is 20.5 Å². The second-order valence-electron chi connectivity index (χ2n) is 5.63. The predicted molar refractivity (Wildman–Crippen MR) is 90.6 cm³/mol. The number of esters is 1. The van der Waals surface area contributed by atoms with E-state index in [2.05, 4.69) is 14.5 Å². The van der Waals surface area contributed by atoms with Crippen LogP contribution in [0.3, 0.4) is 0 Å². The molecular weight excluding hydrogens is 302 g/mol. The van der Waals surface area contributed by atoms with Crippen LogP contribution in [-0.2, 0) is 17.9 Å². The van der Waals surface area contributed by atoms with Gasteiger partial charge in [0.05, 0.1) is 17.8 Å². The van der Waals surface area contributed by atoms with Gasteiger partial charge in [-0.25, -0.2) is 4.79 Å². The zero-order valence-electron chi connectivity index (χ0n) is 13.8. The van der Waals surface area contributed by atoms with E-state index < -0.39 is 0 Å². The molecular formula is C19H19N3O2. The third kappa shape index (κ3) is 3.51. The Kier molecular flexibility index (Phi) is 4.70. The van der Waals surface area contributed by atoms with Crippen LogP contribution >= 0.6 is 0 Å². The molecule has 0 aliphatic carbocycles. The maximum atomic E-state index is 12.4. The molecule has 3 aromatic rings. The van der Waals surface area contributed by atoms with Crippen LogP contribution in [0.5, 0.6) is 0 Å². The normalized spacial score (nSPS) is 10.6. The van der Waals surface area contributed by atoms with Crippen molar-refractivity contribution >= 4 is 5.97 Å². The summed E-state index contributed by atoms with van der Waals surface area (Å²) in [5.74, 6) is -0.320. The fourth-order valence-corrected chi connectivity index (χ4v) is 2.61. The standard InChI is InChI=1S/C19H19N3O2/c1-14-10-18(19(23)24-13-16-6-5-8-20-11-16)15(2)22(14)12-17-7-3-4-9-21-17/h3-11H,12-13H2,1-2H3. The molecule has 3 rings (SSSR count). The molecule has 0 bridgehead atoms. The number of pyridine rings is 2. The van der Waals surface area contributed by atoms with Crippen LogP contribution in [0, 0.1) is 13.8 Å². The van der Waals surface area contributed by atoms with Crippen LogP contribution in [0.1, 0.15) is 33.0 Å². The van der Waals surface area contributed by atoms with E-state index in [1.807, 2.05) is 50.2 Å². The van der Waals surface area contributed by atoms with Gasteiger partial charge in [-0.2, -0.15) is 0 Å². The van der Waals surface area contributed by atoms with Gasteiger partial charge in [-0.15, -0.1) is 0 Å². The van der Waals surface area contributed by atoms with Gasteiger partial charge in [-0.1, -0.05) is 12.1 Å². The molecule has 5 nitrogen and oxygen atoms in total. The Bertz CT molecular complexity index is 827. The Labute approximate surface area is 141 Å². The average Bonchev–Trinajstić information content (AvgIpc) is 2.90. The van der Waals surface area contributed by atoms with E-state index in [-0.39, 0.29) is 12.6 Å². The molecule has 3 aromatic heterocycles. The minimum atomic E-state index is -0.320. The van der Waals surface area contributed by atoms with Gasteiger partial charge in [0.1, 0.15) is 6.61 Å². The van der Waals surface area contributed by atoms with Crippen molar-refractivity contribution in [3.8, 4) is 0 Å². The molecule has 0 fully saturated rings. The molecule has 0 N–H and O–H groups in total.